The van der Waals surface area contributed by atoms with Crippen LogP contribution in [-0.2, 0) is 9.09 Å². The minimum atomic E-state index is -2.47. The summed E-state index contributed by atoms with van der Waals surface area (Å²) < 4.78 is 13.3. The Labute approximate surface area is 48.4 Å². The van der Waals surface area contributed by atoms with Gasteiger partial charge in [-0.15, -0.1) is 4.89 Å². The van der Waals surface area contributed by atoms with E-state index in [1.165, 1.54) is 0 Å². The first-order chi connectivity index (χ1) is 3.77. The van der Waals surface area contributed by atoms with Gasteiger partial charge in [0.15, 0.2) is 0 Å². The van der Waals surface area contributed by atoms with Gasteiger partial charge in [-0.2, -0.15) is 0 Å². The summed E-state index contributed by atoms with van der Waals surface area (Å²) in [6.07, 6.45) is 0.915. The first-order valence-corrected chi connectivity index (χ1v) is 2.79. The first-order valence-electron chi connectivity index (χ1n) is 1.66. The van der Waals surface area contributed by atoms with Gasteiger partial charge in [0.05, 0.1) is 0 Å². The molecule has 1 unspecified atom stereocenters. The van der Waals surface area contributed by atoms with Crippen LogP contribution in [0, 0.1) is 0 Å². The lowest BCUT2D eigenvalue weighted by atomic mass is 11.2. The van der Waals surface area contributed by atoms with Crippen LogP contribution in [0.25, 0.3) is 0 Å². The van der Waals surface area contributed by atoms with Crippen LogP contribution in [0.2, 0.25) is 0 Å². The van der Waals surface area contributed by atoms with Crippen molar-refractivity contribution in [2.75, 3.05) is 7.11 Å². The predicted molar refractivity (Wildman–Crippen MR) is 29.3 cm³/mol. The van der Waals surface area contributed by atoms with Crippen LogP contribution in [0.3, 0.4) is 0 Å². The monoisotopic (exact) mass is 139 g/mol. The van der Waals surface area contributed by atoms with Gasteiger partial charge in [-0.3, -0.25) is 0 Å². The van der Waals surface area contributed by atoms with Crippen LogP contribution in [0.1, 0.15) is 0 Å². The largest absolute Gasteiger partial charge is 0.746 e. The molecule has 0 saturated carbocycles. The molecule has 4 nitrogen and oxygen atoms in total. The van der Waals surface area contributed by atoms with Crippen molar-refractivity contribution < 1.29 is 19.1 Å². The maximum atomic E-state index is 9.45. The fourth-order valence-electron chi connectivity index (χ4n) is 0.0638. The van der Waals surface area contributed by atoms with Crippen LogP contribution in [0.15, 0.2) is 12.8 Å². The van der Waals surface area contributed by atoms with Crippen LogP contribution in [0.4, 0.5) is 0 Å². The van der Waals surface area contributed by atoms with Crippen molar-refractivity contribution in [3.05, 3.63) is 12.8 Å². The van der Waals surface area contributed by atoms with E-state index in [0.717, 1.165) is 13.4 Å². The van der Waals surface area contributed by atoms with Crippen LogP contribution in [0.5, 0.6) is 0 Å². The number of hydrogen-bond acceptors (Lipinski definition) is 3. The fourth-order valence-corrected chi connectivity index (χ4v) is 0.191. The van der Waals surface area contributed by atoms with Gasteiger partial charge >= 0.3 is 8.25 Å². The van der Waals surface area contributed by atoms with Gasteiger partial charge in [0, 0.05) is 11.7 Å². The quantitative estimate of drug-likeness (QED) is 0.429. The van der Waals surface area contributed by atoms with Gasteiger partial charge in [0.2, 0.25) is 0 Å². The Morgan fingerprint density at radius 3 is 2.12 bits per heavy atom. The Bertz CT molecular complexity index is 71.7. The van der Waals surface area contributed by atoms with E-state index < -0.39 is 8.25 Å². The van der Waals surface area contributed by atoms with Crippen molar-refractivity contribution in [1.82, 2.24) is 0 Å². The third-order valence-corrected chi connectivity index (χ3v) is 0.494. The van der Waals surface area contributed by atoms with E-state index in [1.54, 1.807) is 0 Å². The minimum Gasteiger partial charge on any atom is -0.400 e. The van der Waals surface area contributed by atoms with Crippen LogP contribution in [-0.4, -0.2) is 17.1 Å². The highest BCUT2D eigenvalue weighted by molar-refractivity contribution is 7.32. The van der Waals surface area contributed by atoms with Crippen molar-refractivity contribution in [1.29, 1.82) is 0 Å². The molecule has 0 aliphatic carbocycles. The highest BCUT2D eigenvalue weighted by atomic mass is 31.1. The summed E-state index contributed by atoms with van der Waals surface area (Å²) in [7, 11) is -1.47. The summed E-state index contributed by atoms with van der Waals surface area (Å²) >= 11 is 0. The minimum absolute atomic E-state index is 0.915. The Morgan fingerprint density at radius 2 is 2.12 bits per heavy atom. The van der Waals surface area contributed by atoms with Crippen molar-refractivity contribution in [2.24, 2.45) is 0 Å². The van der Waals surface area contributed by atoms with Gasteiger partial charge in [0.25, 0.3) is 0 Å². The standard InChI is InChI=1S/C2H3O3P.CH4O/c1-2-5-6(3)4;1-2/h2H,1H2;2H,1H3/p+1. The topological polar surface area (TPSA) is 66.8 Å². The van der Waals surface area contributed by atoms with Crippen LogP contribution < -0.4 is 0 Å². The van der Waals surface area contributed by atoms with Gasteiger partial charge in [-0.05, 0) is 0 Å². The molecule has 5 heteroatoms. The molecule has 48 valence electrons. The summed E-state index contributed by atoms with van der Waals surface area (Å²) in [6, 6.07) is 0. The lowest BCUT2D eigenvalue weighted by molar-refractivity contribution is 0.379. The molecule has 8 heavy (non-hydrogen) atoms. The summed E-state index contributed by atoms with van der Waals surface area (Å²) in [4.78, 5) is 7.77. The molecule has 0 fully saturated rings. The lowest BCUT2D eigenvalue weighted by Gasteiger charge is -1.63. The van der Waals surface area contributed by atoms with E-state index in [2.05, 4.69) is 11.1 Å². The second-order valence-corrected chi connectivity index (χ2v) is 1.20. The fraction of sp³-hybridized carbons (Fsp3) is 0.333. The van der Waals surface area contributed by atoms with E-state index in [4.69, 9.17) is 10.00 Å². The average molecular weight is 139 g/mol. The van der Waals surface area contributed by atoms with Crippen molar-refractivity contribution in [3.8, 4) is 0 Å². The smallest absolute Gasteiger partial charge is 0.400 e. The Kier molecular flexibility index (Phi) is 12.8. The molecule has 0 heterocycles. The van der Waals surface area contributed by atoms with Gasteiger partial charge in [-0.1, -0.05) is 6.58 Å². The zero-order valence-corrected chi connectivity index (χ0v) is 5.34. The molecular formula is C3H8O4P+. The third-order valence-electron chi connectivity index (χ3n) is 0.165. The third kappa shape index (κ3) is 17.6. The van der Waals surface area contributed by atoms with E-state index in [9.17, 15) is 4.57 Å². The van der Waals surface area contributed by atoms with Gasteiger partial charge < -0.3 is 5.11 Å². The highest BCUT2D eigenvalue weighted by Gasteiger charge is 2.05. The zero-order chi connectivity index (χ0) is 6.99. The Hall–Kier alpha value is -0.440. The first kappa shape index (κ1) is 10.5. The van der Waals surface area contributed by atoms with E-state index >= 15 is 0 Å². The van der Waals surface area contributed by atoms with Gasteiger partial charge in [-0.25, -0.2) is 4.52 Å². The predicted octanol–water partition coefficient (Wildman–Crippen LogP) is 0.405. The SMILES string of the molecule is C=CO[P+](=O)O.CO. The molecule has 0 aromatic rings. The Balaban J connectivity index is 0. The molecule has 0 aliphatic rings. The summed E-state index contributed by atoms with van der Waals surface area (Å²) in [6.45, 7) is 3.03. The normalized spacial score (nSPS) is 8.12. The Morgan fingerprint density at radius 1 is 1.75 bits per heavy atom. The highest BCUT2D eigenvalue weighted by Crippen LogP contribution is 2.12. The number of hydrogen-bond donors (Lipinski definition) is 2. The lowest BCUT2D eigenvalue weighted by Crippen LogP contribution is -1.55. The molecule has 0 bridgehead atoms. The average Bonchev–Trinajstić information content (AvgIpc) is 1.72. The molecule has 0 amide bonds. The van der Waals surface area contributed by atoms with Gasteiger partial charge in [0.1, 0.15) is 6.26 Å². The molecule has 0 aromatic carbocycles. The second kappa shape index (κ2) is 9.75. The molecule has 0 aromatic heterocycles. The molecule has 2 N–H and O–H groups in total. The van der Waals surface area contributed by atoms with E-state index in [0.29, 0.717) is 0 Å². The summed E-state index contributed by atoms with van der Waals surface area (Å²) in [5, 5.41) is 7.00. The molecule has 1 atom stereocenters. The van der Waals surface area contributed by atoms with Crippen molar-refractivity contribution in [3.63, 3.8) is 0 Å². The number of aliphatic hydroxyl groups excluding tert-OH is 1. The van der Waals surface area contributed by atoms with Crippen molar-refractivity contribution in [2.45, 2.75) is 0 Å². The zero-order valence-electron chi connectivity index (χ0n) is 4.44. The maximum Gasteiger partial charge on any atom is 0.746 e. The molecule has 0 saturated heterocycles. The number of rotatable bonds is 2. The molecular weight excluding hydrogens is 131 g/mol. The molecule has 0 radical (unpaired) electrons. The number of aliphatic hydroxyl groups is 1. The maximum absolute atomic E-state index is 9.45. The van der Waals surface area contributed by atoms with Crippen molar-refractivity contribution >= 4 is 8.25 Å². The molecule has 0 rings (SSSR count). The summed E-state index contributed by atoms with van der Waals surface area (Å²) in [5.74, 6) is 0. The second-order valence-electron chi connectivity index (χ2n) is 0.510. The molecule has 0 aliphatic heterocycles. The van der Waals surface area contributed by atoms with E-state index in [1.807, 2.05) is 0 Å². The summed E-state index contributed by atoms with van der Waals surface area (Å²) in [5.41, 5.74) is 0. The van der Waals surface area contributed by atoms with E-state index in [-0.39, 0.29) is 0 Å². The van der Waals surface area contributed by atoms with Crippen LogP contribution >= 0.6 is 8.25 Å². The molecule has 0 spiro atoms.